The van der Waals surface area contributed by atoms with Gasteiger partial charge in [0.2, 0.25) is 5.88 Å². The van der Waals surface area contributed by atoms with Gasteiger partial charge in [0.1, 0.15) is 6.61 Å². The molecule has 0 spiro atoms. The van der Waals surface area contributed by atoms with E-state index in [0.717, 1.165) is 30.1 Å². The van der Waals surface area contributed by atoms with Crippen LogP contribution in [0.2, 0.25) is 0 Å². The average molecular weight is 312 g/mol. The number of aliphatic imine (C=N–C) groups is 1. The van der Waals surface area contributed by atoms with Crippen LogP contribution in [0.5, 0.6) is 5.88 Å². The zero-order valence-corrected chi connectivity index (χ0v) is 13.7. The average Bonchev–Trinajstić information content (AvgIpc) is 2.61. The number of nitrogens with one attached hydrogen (secondary N) is 2. The van der Waals surface area contributed by atoms with Gasteiger partial charge in [-0.25, -0.2) is 4.98 Å². The summed E-state index contributed by atoms with van der Waals surface area (Å²) in [6.07, 6.45) is 2.83. The lowest BCUT2D eigenvalue weighted by atomic mass is 10.2. The van der Waals surface area contributed by atoms with Crippen molar-refractivity contribution in [3.63, 3.8) is 0 Å². The van der Waals surface area contributed by atoms with E-state index in [1.807, 2.05) is 42.5 Å². The van der Waals surface area contributed by atoms with E-state index >= 15 is 0 Å². The van der Waals surface area contributed by atoms with Gasteiger partial charge in [-0.3, -0.25) is 4.99 Å². The monoisotopic (exact) mass is 312 g/mol. The number of hydrogen-bond donors (Lipinski definition) is 2. The summed E-state index contributed by atoms with van der Waals surface area (Å²) in [5, 5.41) is 6.52. The number of aromatic nitrogens is 1. The highest BCUT2D eigenvalue weighted by atomic mass is 16.5. The topological polar surface area (TPSA) is 58.5 Å². The quantitative estimate of drug-likeness (QED) is 0.610. The van der Waals surface area contributed by atoms with Gasteiger partial charge in [0.25, 0.3) is 0 Å². The molecule has 2 aromatic rings. The predicted octanol–water partition coefficient (Wildman–Crippen LogP) is 2.74. The van der Waals surface area contributed by atoms with Crippen LogP contribution in [0.25, 0.3) is 0 Å². The highest BCUT2D eigenvalue weighted by Crippen LogP contribution is 2.11. The second-order valence-corrected chi connectivity index (χ2v) is 5.13. The predicted molar refractivity (Wildman–Crippen MR) is 93.5 cm³/mol. The number of rotatable bonds is 7. The van der Waals surface area contributed by atoms with E-state index in [-0.39, 0.29) is 0 Å². The van der Waals surface area contributed by atoms with Crippen molar-refractivity contribution >= 4 is 5.96 Å². The minimum atomic E-state index is 0.518. The van der Waals surface area contributed by atoms with Crippen molar-refractivity contribution in [2.45, 2.75) is 26.5 Å². The van der Waals surface area contributed by atoms with Gasteiger partial charge < -0.3 is 15.4 Å². The summed E-state index contributed by atoms with van der Waals surface area (Å²) in [6.45, 7) is 4.22. The number of ether oxygens (including phenoxy) is 1. The molecule has 0 atom stereocenters. The van der Waals surface area contributed by atoms with E-state index in [1.165, 1.54) is 0 Å². The fourth-order valence-electron chi connectivity index (χ4n) is 2.02. The molecule has 0 fully saturated rings. The van der Waals surface area contributed by atoms with Crippen molar-refractivity contribution in [1.29, 1.82) is 0 Å². The molecule has 0 unspecified atom stereocenters. The lowest BCUT2D eigenvalue weighted by molar-refractivity contribution is 0.293. The maximum absolute atomic E-state index is 5.75. The SMILES string of the molecule is CCCNC(=NC)NCc1ccnc(OCc2ccccc2)c1. The number of benzene rings is 1. The van der Waals surface area contributed by atoms with Gasteiger partial charge in [-0.05, 0) is 23.6 Å². The van der Waals surface area contributed by atoms with Crippen molar-refractivity contribution in [2.24, 2.45) is 4.99 Å². The maximum atomic E-state index is 5.75. The van der Waals surface area contributed by atoms with Crippen LogP contribution in [0.4, 0.5) is 0 Å². The first-order valence-corrected chi connectivity index (χ1v) is 7.88. The first-order chi connectivity index (χ1) is 11.3. The van der Waals surface area contributed by atoms with E-state index in [2.05, 4.69) is 27.5 Å². The first kappa shape index (κ1) is 16.8. The lowest BCUT2D eigenvalue weighted by Gasteiger charge is -2.12. The van der Waals surface area contributed by atoms with E-state index in [0.29, 0.717) is 19.0 Å². The van der Waals surface area contributed by atoms with Crippen LogP contribution < -0.4 is 15.4 Å². The van der Waals surface area contributed by atoms with Crippen molar-refractivity contribution in [1.82, 2.24) is 15.6 Å². The zero-order valence-electron chi connectivity index (χ0n) is 13.7. The molecule has 0 radical (unpaired) electrons. The number of guanidine groups is 1. The van der Waals surface area contributed by atoms with E-state index in [9.17, 15) is 0 Å². The third-order valence-electron chi connectivity index (χ3n) is 3.25. The minimum absolute atomic E-state index is 0.518. The minimum Gasteiger partial charge on any atom is -0.473 e. The Kier molecular flexibility index (Phi) is 6.91. The molecule has 0 aliphatic carbocycles. The molecule has 1 heterocycles. The van der Waals surface area contributed by atoms with Gasteiger partial charge >= 0.3 is 0 Å². The van der Waals surface area contributed by atoms with Crippen LogP contribution in [0, 0.1) is 0 Å². The first-order valence-electron chi connectivity index (χ1n) is 7.88. The molecule has 2 rings (SSSR count). The normalized spacial score (nSPS) is 11.1. The summed E-state index contributed by atoms with van der Waals surface area (Å²) >= 11 is 0. The highest BCUT2D eigenvalue weighted by Gasteiger charge is 2.01. The fraction of sp³-hybridized carbons (Fsp3) is 0.333. The largest absolute Gasteiger partial charge is 0.473 e. The highest BCUT2D eigenvalue weighted by molar-refractivity contribution is 5.79. The molecule has 122 valence electrons. The Bertz CT molecular complexity index is 613. The Hall–Kier alpha value is -2.56. The van der Waals surface area contributed by atoms with Crippen LogP contribution in [-0.4, -0.2) is 24.5 Å². The summed E-state index contributed by atoms with van der Waals surface area (Å²) in [5.74, 6) is 1.43. The summed E-state index contributed by atoms with van der Waals surface area (Å²) in [4.78, 5) is 8.44. The van der Waals surface area contributed by atoms with Gasteiger partial charge in [-0.1, -0.05) is 37.3 Å². The molecular formula is C18H24N4O. The van der Waals surface area contributed by atoms with Gasteiger partial charge in [0.05, 0.1) is 0 Å². The molecule has 2 N–H and O–H groups in total. The summed E-state index contributed by atoms with van der Waals surface area (Å²) < 4.78 is 5.75. The van der Waals surface area contributed by atoms with E-state index in [1.54, 1.807) is 13.2 Å². The summed E-state index contributed by atoms with van der Waals surface area (Å²) in [6, 6.07) is 14.0. The third kappa shape index (κ3) is 5.98. The van der Waals surface area contributed by atoms with E-state index in [4.69, 9.17) is 4.74 Å². The van der Waals surface area contributed by atoms with Gasteiger partial charge in [0.15, 0.2) is 5.96 Å². The molecular weight excluding hydrogens is 288 g/mol. The Balaban J connectivity index is 1.86. The zero-order chi connectivity index (χ0) is 16.3. The van der Waals surface area contributed by atoms with Crippen LogP contribution in [0.15, 0.2) is 53.7 Å². The number of pyridine rings is 1. The number of hydrogen-bond acceptors (Lipinski definition) is 3. The Morgan fingerprint density at radius 3 is 2.70 bits per heavy atom. The molecule has 0 bridgehead atoms. The van der Waals surface area contributed by atoms with Gasteiger partial charge in [-0.15, -0.1) is 0 Å². The van der Waals surface area contributed by atoms with Crippen LogP contribution in [-0.2, 0) is 13.2 Å². The summed E-state index contributed by atoms with van der Waals surface area (Å²) in [5.41, 5.74) is 2.23. The maximum Gasteiger partial charge on any atom is 0.213 e. The smallest absolute Gasteiger partial charge is 0.213 e. The van der Waals surface area contributed by atoms with Gasteiger partial charge in [0, 0.05) is 32.4 Å². The second kappa shape index (κ2) is 9.46. The van der Waals surface area contributed by atoms with Crippen LogP contribution in [0.3, 0.4) is 0 Å². The Morgan fingerprint density at radius 2 is 1.96 bits per heavy atom. The van der Waals surface area contributed by atoms with Gasteiger partial charge in [-0.2, -0.15) is 0 Å². The van der Waals surface area contributed by atoms with Crippen molar-refractivity contribution in [2.75, 3.05) is 13.6 Å². The lowest BCUT2D eigenvalue weighted by Crippen LogP contribution is -2.37. The van der Waals surface area contributed by atoms with Crippen molar-refractivity contribution in [3.05, 3.63) is 59.8 Å². The van der Waals surface area contributed by atoms with E-state index < -0.39 is 0 Å². The molecule has 0 amide bonds. The molecule has 1 aromatic heterocycles. The Labute approximate surface area is 137 Å². The third-order valence-corrected chi connectivity index (χ3v) is 3.25. The van der Waals surface area contributed by atoms with Crippen LogP contribution >= 0.6 is 0 Å². The number of nitrogens with zero attached hydrogens (tertiary/aromatic N) is 2. The molecule has 5 nitrogen and oxygen atoms in total. The molecule has 0 aliphatic rings. The molecule has 1 aromatic carbocycles. The molecule has 5 heteroatoms. The Morgan fingerprint density at radius 1 is 1.13 bits per heavy atom. The molecule has 0 aliphatic heterocycles. The molecule has 0 saturated heterocycles. The fourth-order valence-corrected chi connectivity index (χ4v) is 2.02. The summed E-state index contributed by atoms with van der Waals surface area (Å²) in [7, 11) is 1.77. The van der Waals surface area contributed by atoms with Crippen LogP contribution in [0.1, 0.15) is 24.5 Å². The van der Waals surface area contributed by atoms with Crippen molar-refractivity contribution < 1.29 is 4.74 Å². The van der Waals surface area contributed by atoms with Crippen molar-refractivity contribution in [3.8, 4) is 5.88 Å². The molecule has 0 saturated carbocycles. The second-order valence-electron chi connectivity index (χ2n) is 5.13. The molecule has 23 heavy (non-hydrogen) atoms. The standard InChI is InChI=1S/C18H24N4O/c1-3-10-21-18(19-2)22-13-16-9-11-20-17(12-16)23-14-15-7-5-4-6-8-15/h4-9,11-12H,3,10,13-14H2,1-2H3,(H2,19,21,22).